The van der Waals surface area contributed by atoms with Crippen LogP contribution in [0.5, 0.6) is 0 Å². The number of anilines is 1. The van der Waals surface area contributed by atoms with Crippen molar-refractivity contribution < 1.29 is 9.18 Å². The Balaban J connectivity index is 1.51. The van der Waals surface area contributed by atoms with E-state index in [1.54, 1.807) is 12.1 Å². The summed E-state index contributed by atoms with van der Waals surface area (Å²) in [5, 5.41) is 0.944. The van der Waals surface area contributed by atoms with Crippen molar-refractivity contribution in [3.63, 3.8) is 0 Å². The molecule has 0 radical (unpaired) electrons. The van der Waals surface area contributed by atoms with Crippen molar-refractivity contribution in [1.29, 1.82) is 0 Å². The first-order valence-corrected chi connectivity index (χ1v) is 8.09. The van der Waals surface area contributed by atoms with Gasteiger partial charge in [0.1, 0.15) is 5.82 Å². The molecule has 0 saturated carbocycles. The van der Waals surface area contributed by atoms with Crippen LogP contribution < -0.4 is 4.90 Å². The molecule has 2 heterocycles. The normalized spacial score (nSPS) is 15.0. The minimum Gasteiger partial charge on any atom is -0.366 e. The maximum absolute atomic E-state index is 13.9. The molecule has 1 aromatic heterocycles. The summed E-state index contributed by atoms with van der Waals surface area (Å²) >= 11 is 0. The highest BCUT2D eigenvalue weighted by Gasteiger charge is 2.24. The van der Waals surface area contributed by atoms with E-state index >= 15 is 0 Å². The summed E-state index contributed by atoms with van der Waals surface area (Å²) in [6.07, 6.45) is 1.84. The van der Waals surface area contributed by atoms with Crippen molar-refractivity contribution in [2.45, 2.75) is 0 Å². The molecule has 4 rings (SSSR count). The molecule has 1 fully saturated rings. The molecule has 122 valence electrons. The second kappa shape index (κ2) is 6.00. The van der Waals surface area contributed by atoms with E-state index in [-0.39, 0.29) is 11.7 Å². The van der Waals surface area contributed by atoms with Crippen molar-refractivity contribution in [1.82, 2.24) is 9.88 Å². The highest BCUT2D eigenvalue weighted by Crippen LogP contribution is 2.23. The van der Waals surface area contributed by atoms with Crippen molar-refractivity contribution in [3.05, 3.63) is 66.1 Å². The second-order valence-electron chi connectivity index (χ2n) is 5.98. The number of nitrogens with zero attached hydrogens (tertiary/aromatic N) is 2. The Morgan fingerprint density at radius 3 is 2.54 bits per heavy atom. The second-order valence-corrected chi connectivity index (χ2v) is 5.98. The molecule has 4 nitrogen and oxygen atoms in total. The van der Waals surface area contributed by atoms with Gasteiger partial charge in [-0.15, -0.1) is 0 Å². The quantitative estimate of drug-likeness (QED) is 0.786. The fourth-order valence-corrected chi connectivity index (χ4v) is 3.30. The van der Waals surface area contributed by atoms with E-state index in [2.05, 4.69) is 4.98 Å². The number of aromatic nitrogens is 1. The molecule has 1 saturated heterocycles. The van der Waals surface area contributed by atoms with E-state index in [4.69, 9.17) is 0 Å². The van der Waals surface area contributed by atoms with E-state index in [0.717, 1.165) is 10.9 Å². The molecule has 3 aromatic rings. The van der Waals surface area contributed by atoms with Gasteiger partial charge in [0.2, 0.25) is 0 Å². The van der Waals surface area contributed by atoms with Crippen LogP contribution in [0.3, 0.4) is 0 Å². The smallest absolute Gasteiger partial charge is 0.254 e. The van der Waals surface area contributed by atoms with Crippen LogP contribution in [0.15, 0.2) is 54.7 Å². The third-order valence-electron chi connectivity index (χ3n) is 4.59. The average molecular weight is 323 g/mol. The number of rotatable bonds is 2. The molecule has 5 heteroatoms. The average Bonchev–Trinajstić information content (AvgIpc) is 3.10. The summed E-state index contributed by atoms with van der Waals surface area (Å²) in [6.45, 7) is 2.45. The van der Waals surface area contributed by atoms with Crippen LogP contribution in [0.25, 0.3) is 10.9 Å². The SMILES string of the molecule is O=C(c1cccc2[nH]ccc12)N1CCN(c2ccccc2F)CC1. The molecule has 24 heavy (non-hydrogen) atoms. The van der Waals surface area contributed by atoms with Crippen molar-refractivity contribution in [3.8, 4) is 0 Å². The zero-order chi connectivity index (χ0) is 16.5. The van der Waals surface area contributed by atoms with Gasteiger partial charge in [-0.3, -0.25) is 4.79 Å². The molecule has 1 aliphatic heterocycles. The Bertz CT molecular complexity index is 881. The highest BCUT2D eigenvalue weighted by molar-refractivity contribution is 6.06. The number of carbonyl (C=O) groups excluding carboxylic acids is 1. The molecule has 2 aromatic carbocycles. The van der Waals surface area contributed by atoms with Gasteiger partial charge < -0.3 is 14.8 Å². The van der Waals surface area contributed by atoms with Crippen LogP contribution in [-0.4, -0.2) is 42.0 Å². The van der Waals surface area contributed by atoms with Gasteiger partial charge in [0.05, 0.1) is 5.69 Å². The fourth-order valence-electron chi connectivity index (χ4n) is 3.30. The molecule has 0 atom stereocenters. The minimum absolute atomic E-state index is 0.0355. The van der Waals surface area contributed by atoms with E-state index < -0.39 is 0 Å². The first-order valence-electron chi connectivity index (χ1n) is 8.09. The largest absolute Gasteiger partial charge is 0.366 e. The number of para-hydroxylation sites is 1. The summed E-state index contributed by atoms with van der Waals surface area (Å²) in [5.74, 6) is -0.178. The molecule has 0 spiro atoms. The number of carbonyl (C=O) groups is 1. The Hall–Kier alpha value is -2.82. The molecule has 1 aliphatic rings. The lowest BCUT2D eigenvalue weighted by molar-refractivity contribution is 0.0748. The molecular formula is C19H18FN3O. The zero-order valence-corrected chi connectivity index (χ0v) is 13.2. The summed E-state index contributed by atoms with van der Waals surface area (Å²) < 4.78 is 13.9. The number of H-pyrrole nitrogens is 1. The summed E-state index contributed by atoms with van der Waals surface area (Å²) in [4.78, 5) is 19.8. The number of hydrogen-bond acceptors (Lipinski definition) is 2. The first-order chi connectivity index (χ1) is 11.7. The van der Waals surface area contributed by atoms with Crippen molar-refractivity contribution in [2.75, 3.05) is 31.1 Å². The third kappa shape index (κ3) is 2.52. The summed E-state index contributed by atoms with van der Waals surface area (Å²) in [7, 11) is 0. The van der Waals surface area contributed by atoms with Gasteiger partial charge in [0, 0.05) is 48.8 Å². The number of piperazine rings is 1. The minimum atomic E-state index is -0.214. The van der Waals surface area contributed by atoms with Crippen LogP contribution in [0.1, 0.15) is 10.4 Å². The van der Waals surface area contributed by atoms with Crippen LogP contribution in [0.2, 0.25) is 0 Å². The number of aromatic amines is 1. The van der Waals surface area contributed by atoms with E-state index in [0.29, 0.717) is 37.4 Å². The maximum Gasteiger partial charge on any atom is 0.254 e. The summed E-state index contributed by atoms with van der Waals surface area (Å²) in [5.41, 5.74) is 2.29. The fraction of sp³-hybridized carbons (Fsp3) is 0.211. The van der Waals surface area contributed by atoms with Crippen LogP contribution in [0, 0.1) is 5.82 Å². The zero-order valence-electron chi connectivity index (χ0n) is 13.2. The Morgan fingerprint density at radius 1 is 0.958 bits per heavy atom. The van der Waals surface area contributed by atoms with Gasteiger partial charge in [-0.2, -0.15) is 0 Å². The predicted molar refractivity (Wildman–Crippen MR) is 92.8 cm³/mol. The third-order valence-corrected chi connectivity index (χ3v) is 4.59. The lowest BCUT2D eigenvalue weighted by atomic mass is 10.1. The molecular weight excluding hydrogens is 305 g/mol. The number of nitrogens with one attached hydrogen (secondary N) is 1. The van der Waals surface area contributed by atoms with Gasteiger partial charge in [0.15, 0.2) is 0 Å². The van der Waals surface area contributed by atoms with E-state index in [1.165, 1.54) is 6.07 Å². The Kier molecular flexibility index (Phi) is 3.69. The number of fused-ring (bicyclic) bond motifs is 1. The Morgan fingerprint density at radius 2 is 1.75 bits per heavy atom. The molecule has 0 unspecified atom stereocenters. The van der Waals surface area contributed by atoms with Crippen LogP contribution >= 0.6 is 0 Å². The topological polar surface area (TPSA) is 39.3 Å². The number of halogens is 1. The van der Waals surface area contributed by atoms with Gasteiger partial charge in [-0.05, 0) is 30.3 Å². The number of amides is 1. The molecule has 0 aliphatic carbocycles. The maximum atomic E-state index is 13.9. The van der Waals surface area contributed by atoms with Crippen molar-refractivity contribution >= 4 is 22.5 Å². The Labute approximate surface area is 139 Å². The van der Waals surface area contributed by atoms with Gasteiger partial charge in [-0.1, -0.05) is 18.2 Å². The number of benzene rings is 2. The predicted octanol–water partition coefficient (Wildman–Crippen LogP) is 3.27. The lowest BCUT2D eigenvalue weighted by Gasteiger charge is -2.36. The van der Waals surface area contributed by atoms with Gasteiger partial charge in [0.25, 0.3) is 5.91 Å². The highest BCUT2D eigenvalue weighted by atomic mass is 19.1. The first kappa shape index (κ1) is 14.8. The van der Waals surface area contributed by atoms with Gasteiger partial charge in [-0.25, -0.2) is 4.39 Å². The molecule has 0 bridgehead atoms. The van der Waals surface area contributed by atoms with E-state index in [9.17, 15) is 9.18 Å². The molecule has 1 amide bonds. The monoisotopic (exact) mass is 323 g/mol. The van der Waals surface area contributed by atoms with Crippen molar-refractivity contribution in [2.24, 2.45) is 0 Å². The van der Waals surface area contributed by atoms with E-state index in [1.807, 2.05) is 46.3 Å². The lowest BCUT2D eigenvalue weighted by Crippen LogP contribution is -2.49. The molecule has 1 N–H and O–H groups in total. The summed E-state index contributed by atoms with van der Waals surface area (Å²) in [6, 6.07) is 14.4. The van der Waals surface area contributed by atoms with Gasteiger partial charge >= 0.3 is 0 Å². The van der Waals surface area contributed by atoms with Crippen LogP contribution in [-0.2, 0) is 0 Å². The van der Waals surface area contributed by atoms with Crippen LogP contribution in [0.4, 0.5) is 10.1 Å². The standard InChI is InChI=1S/C19H18FN3O/c20-16-5-1-2-7-18(16)22-10-12-23(13-11-22)19(24)15-4-3-6-17-14(15)8-9-21-17/h1-9,21H,10-13H2. The number of hydrogen-bond donors (Lipinski definition) is 1.